The number of nitrogens with one attached hydrogen (secondary N) is 1. The van der Waals surface area contributed by atoms with Crippen molar-refractivity contribution in [2.75, 3.05) is 7.11 Å². The Morgan fingerprint density at radius 2 is 1.63 bits per heavy atom. The number of hydrogen-bond donors (Lipinski definition) is 1. The Bertz CT molecular complexity index is 947. The molecule has 2 atom stereocenters. The number of hydrogen-bond acceptors (Lipinski definition) is 5. The summed E-state index contributed by atoms with van der Waals surface area (Å²) in [4.78, 5) is 36.8. The number of esters is 1. The topological polar surface area (TPSA) is 81.7 Å². The van der Waals surface area contributed by atoms with Crippen LogP contribution in [-0.4, -0.2) is 36.9 Å². The predicted octanol–water partition coefficient (Wildman–Crippen LogP) is 3.64. The third-order valence-corrected chi connectivity index (χ3v) is 4.71. The quantitative estimate of drug-likeness (QED) is 0.409. The van der Waals surface area contributed by atoms with Gasteiger partial charge in [-0.2, -0.15) is 0 Å². The van der Waals surface area contributed by atoms with Crippen LogP contribution in [0.5, 0.6) is 5.75 Å². The largest absolute Gasteiger partial charge is 0.497 e. The number of rotatable bonds is 8. The lowest BCUT2D eigenvalue weighted by Gasteiger charge is -2.17. The Hall–Kier alpha value is -3.41. The fourth-order valence-electron chi connectivity index (χ4n) is 2.67. The molecule has 1 amide bonds. The zero-order chi connectivity index (χ0) is 22.3. The van der Waals surface area contributed by atoms with Crippen molar-refractivity contribution in [2.24, 2.45) is 0 Å². The molecule has 30 heavy (non-hydrogen) atoms. The summed E-state index contributed by atoms with van der Waals surface area (Å²) >= 11 is 0. The molecule has 0 saturated carbocycles. The summed E-state index contributed by atoms with van der Waals surface area (Å²) in [6.45, 7) is 6.91. The van der Waals surface area contributed by atoms with Crippen molar-refractivity contribution >= 4 is 23.7 Å². The van der Waals surface area contributed by atoms with Gasteiger partial charge in [0.15, 0.2) is 6.10 Å². The maximum Gasteiger partial charge on any atom is 0.329 e. The zero-order valence-corrected chi connectivity index (χ0v) is 17.9. The molecule has 2 rings (SSSR count). The van der Waals surface area contributed by atoms with Crippen LogP contribution in [0.1, 0.15) is 40.9 Å². The van der Waals surface area contributed by atoms with Gasteiger partial charge in [-0.25, -0.2) is 4.79 Å². The Morgan fingerprint density at radius 3 is 2.23 bits per heavy atom. The molecule has 0 unspecified atom stereocenters. The van der Waals surface area contributed by atoms with Gasteiger partial charge in [-0.1, -0.05) is 24.3 Å². The molecule has 0 aliphatic carbocycles. The molecular weight excluding hydrogens is 382 g/mol. The second-order valence-electron chi connectivity index (χ2n) is 7.08. The average Bonchev–Trinajstić information content (AvgIpc) is 2.73. The highest BCUT2D eigenvalue weighted by molar-refractivity contribution is 6.01. The number of Topliss-reactive ketones (excluding diaryl/α,β-unsaturated/α-hetero) is 1. The van der Waals surface area contributed by atoms with Crippen LogP contribution in [0.25, 0.3) is 6.08 Å². The predicted molar refractivity (Wildman–Crippen MR) is 115 cm³/mol. The molecule has 0 radical (unpaired) electrons. The molecule has 2 aromatic rings. The van der Waals surface area contributed by atoms with Gasteiger partial charge in [-0.05, 0) is 68.7 Å². The zero-order valence-electron chi connectivity index (χ0n) is 17.9. The van der Waals surface area contributed by atoms with Gasteiger partial charge in [0.1, 0.15) is 11.8 Å². The van der Waals surface area contributed by atoms with Gasteiger partial charge < -0.3 is 14.8 Å². The minimum absolute atomic E-state index is 0.288. The normalized spacial score (nSPS) is 12.8. The van der Waals surface area contributed by atoms with E-state index < -0.39 is 24.0 Å². The van der Waals surface area contributed by atoms with E-state index in [-0.39, 0.29) is 5.78 Å². The van der Waals surface area contributed by atoms with Gasteiger partial charge in [0.25, 0.3) is 0 Å². The van der Waals surface area contributed by atoms with Gasteiger partial charge in [0.2, 0.25) is 11.7 Å². The highest BCUT2D eigenvalue weighted by Gasteiger charge is 2.23. The van der Waals surface area contributed by atoms with Gasteiger partial charge >= 0.3 is 5.97 Å². The van der Waals surface area contributed by atoms with Crippen molar-refractivity contribution in [1.29, 1.82) is 0 Å². The average molecular weight is 409 g/mol. The molecule has 0 aliphatic rings. The van der Waals surface area contributed by atoms with E-state index in [0.717, 1.165) is 22.4 Å². The summed E-state index contributed by atoms with van der Waals surface area (Å²) in [7, 11) is 1.58. The molecule has 0 aliphatic heterocycles. The summed E-state index contributed by atoms with van der Waals surface area (Å²) in [5, 5.41) is 2.54. The lowest BCUT2D eigenvalue weighted by Crippen LogP contribution is -2.41. The van der Waals surface area contributed by atoms with Crippen molar-refractivity contribution < 1.29 is 23.9 Å². The van der Waals surface area contributed by atoms with Gasteiger partial charge in [0.05, 0.1) is 7.11 Å². The molecule has 0 aromatic heterocycles. The van der Waals surface area contributed by atoms with Crippen molar-refractivity contribution in [3.8, 4) is 5.75 Å². The smallest absolute Gasteiger partial charge is 0.329 e. The summed E-state index contributed by atoms with van der Waals surface area (Å²) in [6, 6.07) is 11.6. The molecule has 6 heteroatoms. The minimum Gasteiger partial charge on any atom is -0.497 e. The molecule has 1 N–H and O–H groups in total. The number of ether oxygens (including phenoxy) is 2. The Labute approximate surface area is 176 Å². The molecule has 0 saturated heterocycles. The molecule has 0 fully saturated rings. The molecule has 0 heterocycles. The van der Waals surface area contributed by atoms with Crippen LogP contribution in [0.3, 0.4) is 0 Å². The highest BCUT2D eigenvalue weighted by atomic mass is 16.5. The van der Waals surface area contributed by atoms with Crippen molar-refractivity contribution in [3.05, 3.63) is 70.8 Å². The standard InChI is InChI=1S/C24H27NO5/c1-15-6-10-20(14-16(15)2)23(27)18(4)30-24(28)17(3)25-22(26)13-9-19-7-11-21(29-5)12-8-19/h6-14,17-18H,1-5H3,(H,25,26)/b13-9+/t17-,18+/m0/s1. The molecule has 0 bridgehead atoms. The first kappa shape index (κ1) is 22.9. The maximum atomic E-state index is 12.5. The monoisotopic (exact) mass is 409 g/mol. The van der Waals surface area contributed by atoms with Crippen molar-refractivity contribution in [1.82, 2.24) is 5.32 Å². The van der Waals surface area contributed by atoms with E-state index >= 15 is 0 Å². The van der Waals surface area contributed by atoms with Crippen LogP contribution >= 0.6 is 0 Å². The number of benzene rings is 2. The summed E-state index contributed by atoms with van der Waals surface area (Å²) < 4.78 is 10.3. The fraction of sp³-hybridized carbons (Fsp3) is 0.292. The van der Waals surface area contributed by atoms with E-state index in [2.05, 4.69) is 5.32 Å². The van der Waals surface area contributed by atoms with E-state index in [1.54, 1.807) is 49.6 Å². The Balaban J connectivity index is 1.89. The lowest BCUT2D eigenvalue weighted by molar-refractivity contribution is -0.149. The SMILES string of the molecule is COc1ccc(/C=C/C(=O)N[C@@H](C)C(=O)O[C@H](C)C(=O)c2ccc(C)c(C)c2)cc1. The van der Waals surface area contributed by atoms with E-state index in [1.807, 2.05) is 19.9 Å². The molecule has 2 aromatic carbocycles. The summed E-state index contributed by atoms with van der Waals surface area (Å²) in [5.74, 6) is -0.684. The van der Waals surface area contributed by atoms with Crippen molar-refractivity contribution in [2.45, 2.75) is 39.8 Å². The molecule has 158 valence electrons. The van der Waals surface area contributed by atoms with Crippen molar-refractivity contribution in [3.63, 3.8) is 0 Å². The Morgan fingerprint density at radius 1 is 0.967 bits per heavy atom. The first-order chi connectivity index (χ1) is 14.2. The number of carbonyl (C=O) groups is 3. The third-order valence-electron chi connectivity index (χ3n) is 4.71. The van der Waals surface area contributed by atoms with Crippen LogP contribution in [0.2, 0.25) is 0 Å². The van der Waals surface area contributed by atoms with E-state index in [0.29, 0.717) is 5.56 Å². The highest BCUT2D eigenvalue weighted by Crippen LogP contribution is 2.14. The van der Waals surface area contributed by atoms with Crippen LogP contribution in [0.4, 0.5) is 0 Å². The fourth-order valence-corrected chi connectivity index (χ4v) is 2.67. The number of methoxy groups -OCH3 is 1. The number of carbonyl (C=O) groups excluding carboxylic acids is 3. The summed E-state index contributed by atoms with van der Waals surface area (Å²) in [6.07, 6.45) is 2.00. The molecule has 6 nitrogen and oxygen atoms in total. The number of amides is 1. The van der Waals surface area contributed by atoms with Gasteiger partial charge in [-0.3, -0.25) is 9.59 Å². The molecular formula is C24H27NO5. The lowest BCUT2D eigenvalue weighted by atomic mass is 10.0. The van der Waals surface area contributed by atoms with E-state index in [9.17, 15) is 14.4 Å². The summed E-state index contributed by atoms with van der Waals surface area (Å²) in [5.41, 5.74) is 3.37. The van der Waals surface area contributed by atoms with Crippen LogP contribution < -0.4 is 10.1 Å². The third kappa shape index (κ3) is 6.30. The molecule has 0 spiro atoms. The number of ketones is 1. The first-order valence-electron chi connectivity index (χ1n) is 9.66. The van der Waals surface area contributed by atoms with Crippen LogP contribution in [-0.2, 0) is 14.3 Å². The van der Waals surface area contributed by atoms with Crippen LogP contribution in [0.15, 0.2) is 48.5 Å². The van der Waals surface area contributed by atoms with E-state index in [4.69, 9.17) is 9.47 Å². The second-order valence-corrected chi connectivity index (χ2v) is 7.08. The minimum atomic E-state index is -0.950. The van der Waals surface area contributed by atoms with E-state index in [1.165, 1.54) is 19.9 Å². The second kappa shape index (κ2) is 10.4. The maximum absolute atomic E-state index is 12.5. The number of aryl methyl sites for hydroxylation is 2. The first-order valence-corrected chi connectivity index (χ1v) is 9.66. The Kier molecular flexibility index (Phi) is 7.92. The van der Waals surface area contributed by atoms with Gasteiger partial charge in [0, 0.05) is 11.6 Å². The van der Waals surface area contributed by atoms with Gasteiger partial charge in [-0.15, -0.1) is 0 Å². The van der Waals surface area contributed by atoms with Crippen LogP contribution in [0, 0.1) is 13.8 Å².